The van der Waals surface area contributed by atoms with E-state index < -0.39 is 0 Å². The topological polar surface area (TPSA) is 25.9 Å². The van der Waals surface area contributed by atoms with Crippen LogP contribution in [0.2, 0.25) is 0 Å². The van der Waals surface area contributed by atoms with Gasteiger partial charge in [0.15, 0.2) is 0 Å². The van der Waals surface area contributed by atoms with E-state index in [9.17, 15) is 0 Å². The van der Waals surface area contributed by atoms with Gasteiger partial charge in [-0.25, -0.2) is 4.98 Å². The zero-order valence-corrected chi connectivity index (χ0v) is 14.7. The Morgan fingerprint density at radius 2 is 1.35 bits per heavy atom. The van der Waals surface area contributed by atoms with Crippen molar-refractivity contribution in [3.63, 3.8) is 0 Å². The molecule has 0 N–H and O–H groups in total. The molecule has 0 bridgehead atoms. The van der Waals surface area contributed by atoms with Crippen LogP contribution in [0.15, 0.2) is 18.3 Å². The summed E-state index contributed by atoms with van der Waals surface area (Å²) in [4.78, 5) is 14.7. The Labute approximate surface area is 140 Å². The second kappa shape index (κ2) is 8.08. The molecule has 0 atom stereocenters. The third kappa shape index (κ3) is 4.43. The molecule has 0 aromatic carbocycles. The highest BCUT2D eigenvalue weighted by molar-refractivity contribution is 5.39. The number of piperazine rings is 2. The van der Waals surface area contributed by atoms with E-state index >= 15 is 0 Å². The van der Waals surface area contributed by atoms with Gasteiger partial charge in [-0.05, 0) is 24.7 Å². The third-order valence-electron chi connectivity index (χ3n) is 5.27. The van der Waals surface area contributed by atoms with Gasteiger partial charge in [0.25, 0.3) is 0 Å². The molecule has 2 aliphatic heterocycles. The summed E-state index contributed by atoms with van der Waals surface area (Å²) in [5, 5.41) is 0. The Kier molecular flexibility index (Phi) is 5.86. The predicted octanol–water partition coefficient (Wildman–Crippen LogP) is 1.36. The Bertz CT molecular complexity index is 459. The van der Waals surface area contributed by atoms with E-state index in [1.165, 1.54) is 38.3 Å². The number of anilines is 1. The minimum Gasteiger partial charge on any atom is -0.354 e. The number of likely N-dealkylation sites (N-methyl/N-ethyl adjacent to an activating group) is 2. The summed E-state index contributed by atoms with van der Waals surface area (Å²) < 4.78 is 0. The average molecular weight is 317 g/mol. The molecule has 0 radical (unpaired) electrons. The molecule has 1 aromatic heterocycles. The SMILES string of the molecule is CCN1CCN(Cc2ccc(N3CCN(CC)CC3)nc2)CC1. The lowest BCUT2D eigenvalue weighted by atomic mass is 10.2. The summed E-state index contributed by atoms with van der Waals surface area (Å²) in [6.07, 6.45) is 2.08. The predicted molar refractivity (Wildman–Crippen MR) is 96.0 cm³/mol. The van der Waals surface area contributed by atoms with Crippen LogP contribution < -0.4 is 4.90 Å². The molecule has 5 nitrogen and oxygen atoms in total. The fourth-order valence-corrected chi connectivity index (χ4v) is 3.51. The monoisotopic (exact) mass is 317 g/mol. The summed E-state index contributed by atoms with van der Waals surface area (Å²) in [6, 6.07) is 4.47. The van der Waals surface area contributed by atoms with Crippen molar-refractivity contribution in [2.45, 2.75) is 20.4 Å². The largest absolute Gasteiger partial charge is 0.354 e. The van der Waals surface area contributed by atoms with Gasteiger partial charge < -0.3 is 14.7 Å². The van der Waals surface area contributed by atoms with Gasteiger partial charge >= 0.3 is 0 Å². The maximum absolute atomic E-state index is 4.72. The molecule has 0 spiro atoms. The lowest BCUT2D eigenvalue weighted by Crippen LogP contribution is -2.46. The normalized spacial score (nSPS) is 21.7. The first-order valence-electron chi connectivity index (χ1n) is 9.15. The Morgan fingerprint density at radius 1 is 0.783 bits per heavy atom. The van der Waals surface area contributed by atoms with Gasteiger partial charge in [-0.15, -0.1) is 0 Å². The van der Waals surface area contributed by atoms with Crippen molar-refractivity contribution < 1.29 is 0 Å². The number of nitrogens with zero attached hydrogens (tertiary/aromatic N) is 5. The van der Waals surface area contributed by atoms with E-state index in [-0.39, 0.29) is 0 Å². The minimum absolute atomic E-state index is 1.04. The van der Waals surface area contributed by atoms with Crippen molar-refractivity contribution in [3.05, 3.63) is 23.9 Å². The lowest BCUT2D eigenvalue weighted by Gasteiger charge is -2.35. The van der Waals surface area contributed by atoms with E-state index in [1.807, 2.05) is 0 Å². The van der Waals surface area contributed by atoms with Crippen molar-refractivity contribution >= 4 is 5.82 Å². The Hall–Kier alpha value is -1.17. The van der Waals surface area contributed by atoms with Crippen LogP contribution in [0.25, 0.3) is 0 Å². The summed E-state index contributed by atoms with van der Waals surface area (Å²) in [5.74, 6) is 1.14. The van der Waals surface area contributed by atoms with E-state index in [2.05, 4.69) is 51.8 Å². The van der Waals surface area contributed by atoms with Crippen LogP contribution >= 0.6 is 0 Å². The minimum atomic E-state index is 1.04. The van der Waals surface area contributed by atoms with Crippen LogP contribution in [0.3, 0.4) is 0 Å². The van der Waals surface area contributed by atoms with Gasteiger partial charge in [-0.3, -0.25) is 4.90 Å². The molecule has 3 rings (SSSR count). The van der Waals surface area contributed by atoms with Crippen molar-refractivity contribution in [2.24, 2.45) is 0 Å². The van der Waals surface area contributed by atoms with Gasteiger partial charge in [0, 0.05) is 65.1 Å². The smallest absolute Gasteiger partial charge is 0.128 e. The average Bonchev–Trinajstić information content (AvgIpc) is 2.63. The summed E-state index contributed by atoms with van der Waals surface area (Å²) in [5.41, 5.74) is 1.34. The molecular weight excluding hydrogens is 286 g/mol. The molecule has 0 saturated carbocycles. The van der Waals surface area contributed by atoms with E-state index in [1.54, 1.807) is 0 Å². The molecular formula is C18H31N5. The fraction of sp³-hybridized carbons (Fsp3) is 0.722. The maximum atomic E-state index is 4.72. The van der Waals surface area contributed by atoms with Crippen LogP contribution in [-0.4, -0.2) is 85.1 Å². The van der Waals surface area contributed by atoms with Crippen LogP contribution in [0, 0.1) is 0 Å². The lowest BCUT2D eigenvalue weighted by molar-refractivity contribution is 0.132. The summed E-state index contributed by atoms with van der Waals surface area (Å²) in [7, 11) is 0. The van der Waals surface area contributed by atoms with Crippen LogP contribution in [0.1, 0.15) is 19.4 Å². The number of pyridine rings is 1. The zero-order chi connectivity index (χ0) is 16.1. The molecule has 3 heterocycles. The van der Waals surface area contributed by atoms with Gasteiger partial charge in [0.05, 0.1) is 0 Å². The summed E-state index contributed by atoms with van der Waals surface area (Å²) >= 11 is 0. The first-order valence-corrected chi connectivity index (χ1v) is 9.15. The molecule has 0 aliphatic carbocycles. The molecule has 23 heavy (non-hydrogen) atoms. The van der Waals surface area contributed by atoms with E-state index in [0.29, 0.717) is 0 Å². The fourth-order valence-electron chi connectivity index (χ4n) is 3.51. The number of hydrogen-bond acceptors (Lipinski definition) is 5. The zero-order valence-electron chi connectivity index (χ0n) is 14.7. The molecule has 0 unspecified atom stereocenters. The molecule has 0 amide bonds. The molecule has 1 aromatic rings. The first kappa shape index (κ1) is 16.7. The number of hydrogen-bond donors (Lipinski definition) is 0. The second-order valence-electron chi connectivity index (χ2n) is 6.66. The molecule has 128 valence electrons. The van der Waals surface area contributed by atoms with Crippen molar-refractivity contribution in [1.29, 1.82) is 0 Å². The van der Waals surface area contributed by atoms with E-state index in [4.69, 9.17) is 4.98 Å². The molecule has 2 fully saturated rings. The van der Waals surface area contributed by atoms with Gasteiger partial charge in [0.1, 0.15) is 5.82 Å². The molecule has 5 heteroatoms. The first-order chi connectivity index (χ1) is 11.3. The number of rotatable bonds is 5. The van der Waals surface area contributed by atoms with Crippen LogP contribution in [0.5, 0.6) is 0 Å². The molecule has 2 saturated heterocycles. The Balaban J connectivity index is 1.50. The highest BCUT2D eigenvalue weighted by atomic mass is 15.3. The van der Waals surface area contributed by atoms with Crippen molar-refractivity contribution in [2.75, 3.05) is 70.3 Å². The van der Waals surface area contributed by atoms with Crippen molar-refractivity contribution in [1.82, 2.24) is 19.7 Å². The summed E-state index contributed by atoms with van der Waals surface area (Å²) in [6.45, 7) is 17.1. The highest BCUT2D eigenvalue weighted by Gasteiger charge is 2.18. The van der Waals surface area contributed by atoms with E-state index in [0.717, 1.165) is 45.1 Å². The maximum Gasteiger partial charge on any atom is 0.128 e. The Morgan fingerprint density at radius 3 is 1.87 bits per heavy atom. The standard InChI is InChI=1S/C18H31N5/c1-3-20-7-9-22(10-8-20)16-17-5-6-18(19-15-17)23-13-11-21(4-2)12-14-23/h5-6,15H,3-4,7-14,16H2,1-2H3. The number of aromatic nitrogens is 1. The van der Waals surface area contributed by atoms with Crippen LogP contribution in [-0.2, 0) is 6.54 Å². The molecule has 2 aliphatic rings. The third-order valence-corrected chi connectivity index (χ3v) is 5.27. The van der Waals surface area contributed by atoms with Gasteiger partial charge in [-0.2, -0.15) is 0 Å². The van der Waals surface area contributed by atoms with Crippen LogP contribution in [0.4, 0.5) is 5.82 Å². The van der Waals surface area contributed by atoms with Gasteiger partial charge in [-0.1, -0.05) is 19.9 Å². The quantitative estimate of drug-likeness (QED) is 0.817. The van der Waals surface area contributed by atoms with Crippen molar-refractivity contribution in [3.8, 4) is 0 Å². The van der Waals surface area contributed by atoms with Gasteiger partial charge in [0.2, 0.25) is 0 Å². The highest BCUT2D eigenvalue weighted by Crippen LogP contribution is 2.15. The second-order valence-corrected chi connectivity index (χ2v) is 6.66.